The molecule has 0 aromatic rings. The molecule has 2 fully saturated rings. The van der Waals surface area contributed by atoms with Crippen LogP contribution in [0.1, 0.15) is 33.1 Å². The van der Waals surface area contributed by atoms with Gasteiger partial charge >= 0.3 is 5.97 Å². The minimum Gasteiger partial charge on any atom is -0.463 e. The number of fused-ring (bicyclic) bond motifs is 1. The van der Waals surface area contributed by atoms with Crippen LogP contribution in [0.25, 0.3) is 0 Å². The Balaban J connectivity index is 1.89. The van der Waals surface area contributed by atoms with E-state index in [0.717, 1.165) is 13.1 Å². The van der Waals surface area contributed by atoms with Gasteiger partial charge in [0.1, 0.15) is 0 Å². The van der Waals surface area contributed by atoms with Crippen molar-refractivity contribution >= 4 is 5.97 Å². The molecular formula is C15H26N2O2. The van der Waals surface area contributed by atoms with Crippen LogP contribution in [-0.2, 0) is 9.53 Å². The second-order valence-electron chi connectivity index (χ2n) is 5.75. The van der Waals surface area contributed by atoms with E-state index < -0.39 is 0 Å². The van der Waals surface area contributed by atoms with E-state index in [2.05, 4.69) is 23.3 Å². The van der Waals surface area contributed by atoms with Crippen molar-refractivity contribution in [2.75, 3.05) is 32.8 Å². The number of hydrogen-bond acceptors (Lipinski definition) is 4. The Hall–Kier alpha value is -0.870. The van der Waals surface area contributed by atoms with Gasteiger partial charge in [-0.2, -0.15) is 0 Å². The van der Waals surface area contributed by atoms with Crippen molar-refractivity contribution < 1.29 is 9.53 Å². The monoisotopic (exact) mass is 266 g/mol. The van der Waals surface area contributed by atoms with E-state index in [4.69, 9.17) is 4.74 Å². The lowest BCUT2D eigenvalue weighted by atomic mass is 9.97. The first-order valence-corrected chi connectivity index (χ1v) is 7.44. The quantitative estimate of drug-likeness (QED) is 0.572. The molecule has 4 nitrogen and oxygen atoms in total. The van der Waals surface area contributed by atoms with Gasteiger partial charge < -0.3 is 4.74 Å². The van der Waals surface area contributed by atoms with Crippen LogP contribution in [0.2, 0.25) is 0 Å². The topological polar surface area (TPSA) is 32.8 Å². The minimum atomic E-state index is -0.249. The first-order chi connectivity index (χ1) is 9.11. The van der Waals surface area contributed by atoms with E-state index in [1.165, 1.54) is 25.8 Å². The molecule has 2 heterocycles. The fraction of sp³-hybridized carbons (Fsp3) is 0.800. The fourth-order valence-electron chi connectivity index (χ4n) is 3.18. The Labute approximate surface area is 116 Å². The van der Waals surface area contributed by atoms with Gasteiger partial charge in [0.05, 0.1) is 6.61 Å². The van der Waals surface area contributed by atoms with Crippen molar-refractivity contribution in [1.29, 1.82) is 0 Å². The number of esters is 1. The maximum atomic E-state index is 11.6. The van der Waals surface area contributed by atoms with Crippen LogP contribution in [-0.4, -0.2) is 60.6 Å². The third kappa shape index (κ3) is 3.57. The Kier molecular flexibility index (Phi) is 4.99. The van der Waals surface area contributed by atoms with E-state index in [9.17, 15) is 4.79 Å². The summed E-state index contributed by atoms with van der Waals surface area (Å²) in [7, 11) is 0. The van der Waals surface area contributed by atoms with Gasteiger partial charge in [0.25, 0.3) is 0 Å². The van der Waals surface area contributed by atoms with Gasteiger partial charge in [-0.25, -0.2) is 4.79 Å². The Morgan fingerprint density at radius 1 is 1.37 bits per heavy atom. The van der Waals surface area contributed by atoms with Crippen LogP contribution in [0, 0.1) is 0 Å². The number of carbonyl (C=O) groups is 1. The number of piperazine rings is 1. The van der Waals surface area contributed by atoms with Crippen LogP contribution in [0.4, 0.5) is 0 Å². The van der Waals surface area contributed by atoms with E-state index in [0.29, 0.717) is 30.8 Å². The summed E-state index contributed by atoms with van der Waals surface area (Å²) < 4.78 is 5.01. The maximum Gasteiger partial charge on any atom is 0.334 e. The number of ether oxygens (including phenoxy) is 1. The molecule has 2 atom stereocenters. The summed E-state index contributed by atoms with van der Waals surface area (Å²) in [6, 6.07) is 1.15. The summed E-state index contributed by atoms with van der Waals surface area (Å²) in [4.78, 5) is 16.6. The molecule has 0 N–H and O–H groups in total. The van der Waals surface area contributed by atoms with Gasteiger partial charge in [-0.05, 0) is 33.2 Å². The SMILES string of the molecule is C=C(CN1CC2CCCCN2CC1C)C(=O)OCC. The van der Waals surface area contributed by atoms with Crippen LogP contribution in [0.15, 0.2) is 12.2 Å². The Morgan fingerprint density at radius 3 is 2.89 bits per heavy atom. The first-order valence-electron chi connectivity index (χ1n) is 7.44. The van der Waals surface area contributed by atoms with Gasteiger partial charge in [0.15, 0.2) is 0 Å². The summed E-state index contributed by atoms with van der Waals surface area (Å²) in [6.07, 6.45) is 3.95. The molecule has 2 rings (SSSR count). The van der Waals surface area contributed by atoms with Gasteiger partial charge in [-0.15, -0.1) is 0 Å². The lowest BCUT2D eigenvalue weighted by Crippen LogP contribution is -2.59. The van der Waals surface area contributed by atoms with Crippen LogP contribution in [0.5, 0.6) is 0 Å². The molecule has 2 aliphatic heterocycles. The fourth-order valence-corrected chi connectivity index (χ4v) is 3.18. The highest BCUT2D eigenvalue weighted by molar-refractivity contribution is 5.88. The smallest absolute Gasteiger partial charge is 0.334 e. The molecule has 19 heavy (non-hydrogen) atoms. The third-order valence-electron chi connectivity index (χ3n) is 4.27. The lowest BCUT2D eigenvalue weighted by molar-refractivity contribution is -0.139. The standard InChI is InChI=1S/C15H26N2O2/c1-4-19-15(18)12(2)9-17-11-14-7-5-6-8-16(14)10-13(17)3/h13-14H,2,4-11H2,1,3H3. The van der Waals surface area contributed by atoms with Crippen molar-refractivity contribution in [2.24, 2.45) is 0 Å². The summed E-state index contributed by atoms with van der Waals surface area (Å²) >= 11 is 0. The molecule has 0 aromatic heterocycles. The van der Waals surface area contributed by atoms with Gasteiger partial charge in [0.2, 0.25) is 0 Å². The number of nitrogens with zero attached hydrogens (tertiary/aromatic N) is 2. The molecule has 0 amide bonds. The van der Waals surface area contributed by atoms with E-state index in [1.54, 1.807) is 0 Å². The number of piperidine rings is 1. The van der Waals surface area contributed by atoms with Crippen LogP contribution in [0.3, 0.4) is 0 Å². The van der Waals surface area contributed by atoms with Crippen molar-refractivity contribution in [2.45, 2.75) is 45.2 Å². The lowest BCUT2D eigenvalue weighted by Gasteiger charge is -2.47. The zero-order valence-corrected chi connectivity index (χ0v) is 12.2. The molecule has 0 aliphatic carbocycles. The summed E-state index contributed by atoms with van der Waals surface area (Å²) in [5.41, 5.74) is 0.581. The largest absolute Gasteiger partial charge is 0.463 e. The molecule has 0 saturated carbocycles. The average molecular weight is 266 g/mol. The van der Waals surface area contributed by atoms with E-state index >= 15 is 0 Å². The van der Waals surface area contributed by atoms with Crippen molar-refractivity contribution in [3.05, 3.63) is 12.2 Å². The molecule has 4 heteroatoms. The minimum absolute atomic E-state index is 0.249. The Bertz CT molecular complexity index is 343. The maximum absolute atomic E-state index is 11.6. The third-order valence-corrected chi connectivity index (χ3v) is 4.27. The molecule has 0 radical (unpaired) electrons. The zero-order chi connectivity index (χ0) is 13.8. The predicted molar refractivity (Wildman–Crippen MR) is 76.0 cm³/mol. The second-order valence-corrected chi connectivity index (χ2v) is 5.75. The molecule has 0 aromatic carbocycles. The molecule has 2 saturated heterocycles. The van der Waals surface area contributed by atoms with Gasteiger partial charge in [-0.3, -0.25) is 9.80 Å². The number of carbonyl (C=O) groups excluding carboxylic acids is 1. The van der Waals surface area contributed by atoms with Crippen molar-refractivity contribution in [1.82, 2.24) is 9.80 Å². The zero-order valence-electron chi connectivity index (χ0n) is 12.2. The van der Waals surface area contributed by atoms with Crippen LogP contribution >= 0.6 is 0 Å². The number of rotatable bonds is 4. The second kappa shape index (κ2) is 6.53. The molecule has 2 aliphatic rings. The summed E-state index contributed by atoms with van der Waals surface area (Å²) in [5.74, 6) is -0.249. The highest BCUT2D eigenvalue weighted by Gasteiger charge is 2.33. The summed E-state index contributed by atoms with van der Waals surface area (Å²) in [5, 5.41) is 0. The van der Waals surface area contributed by atoms with Crippen molar-refractivity contribution in [3.63, 3.8) is 0 Å². The number of hydrogen-bond donors (Lipinski definition) is 0. The Morgan fingerprint density at radius 2 is 2.16 bits per heavy atom. The van der Waals surface area contributed by atoms with Crippen molar-refractivity contribution in [3.8, 4) is 0 Å². The van der Waals surface area contributed by atoms with Gasteiger partial charge in [0, 0.05) is 37.3 Å². The highest BCUT2D eigenvalue weighted by Crippen LogP contribution is 2.24. The van der Waals surface area contributed by atoms with E-state index in [1.807, 2.05) is 6.92 Å². The summed E-state index contributed by atoms with van der Waals surface area (Å²) in [6.45, 7) is 12.4. The first kappa shape index (κ1) is 14.5. The van der Waals surface area contributed by atoms with Gasteiger partial charge in [-0.1, -0.05) is 13.0 Å². The highest BCUT2D eigenvalue weighted by atomic mass is 16.5. The molecule has 0 bridgehead atoms. The normalized spacial score (nSPS) is 28.7. The molecule has 0 spiro atoms. The average Bonchev–Trinajstić information content (AvgIpc) is 2.39. The van der Waals surface area contributed by atoms with E-state index in [-0.39, 0.29) is 5.97 Å². The molecule has 108 valence electrons. The molecule has 2 unspecified atom stereocenters. The molecular weight excluding hydrogens is 240 g/mol. The van der Waals surface area contributed by atoms with Crippen LogP contribution < -0.4 is 0 Å². The predicted octanol–water partition coefficient (Wildman–Crippen LogP) is 1.66.